The topological polar surface area (TPSA) is 105 Å². The van der Waals surface area contributed by atoms with Crippen molar-refractivity contribution in [2.24, 2.45) is 5.92 Å². The molecule has 1 rings (SSSR count). The molecule has 98 valence electrons. The van der Waals surface area contributed by atoms with E-state index in [-0.39, 0.29) is 11.5 Å². The van der Waals surface area contributed by atoms with Gasteiger partial charge in [0.15, 0.2) is 0 Å². The summed E-state index contributed by atoms with van der Waals surface area (Å²) in [6.07, 6.45) is 3.14. The second kappa shape index (κ2) is 6.00. The standard InChI is InChI=1S/C12H17N3O3/c1-7(2)3-10(12(17)18)15-11(16)8-4-9(13)6-14-5-8/h4-7,10H,3,13H2,1-2H3,(H,15,16)(H,17,18). The number of carbonyl (C=O) groups is 2. The number of rotatable bonds is 5. The average Bonchev–Trinajstić information content (AvgIpc) is 2.27. The third-order valence-electron chi connectivity index (χ3n) is 2.33. The highest BCUT2D eigenvalue weighted by molar-refractivity contribution is 5.96. The predicted octanol–water partition coefficient (Wildman–Crippen LogP) is 0.893. The minimum Gasteiger partial charge on any atom is -0.480 e. The van der Waals surface area contributed by atoms with Crippen LogP contribution in [-0.2, 0) is 4.79 Å². The minimum absolute atomic E-state index is 0.172. The smallest absolute Gasteiger partial charge is 0.326 e. The van der Waals surface area contributed by atoms with Crippen LogP contribution in [0.15, 0.2) is 18.5 Å². The summed E-state index contributed by atoms with van der Waals surface area (Å²) < 4.78 is 0. The molecule has 1 aromatic heterocycles. The number of pyridine rings is 1. The van der Waals surface area contributed by atoms with E-state index < -0.39 is 17.9 Å². The first kappa shape index (κ1) is 14.0. The third kappa shape index (κ3) is 4.04. The normalized spacial score (nSPS) is 12.2. The molecule has 0 fully saturated rings. The van der Waals surface area contributed by atoms with Gasteiger partial charge in [-0.05, 0) is 18.4 Å². The molecule has 0 aliphatic heterocycles. The summed E-state index contributed by atoms with van der Waals surface area (Å²) in [5, 5.41) is 11.5. The van der Waals surface area contributed by atoms with Gasteiger partial charge in [-0.25, -0.2) is 4.79 Å². The zero-order chi connectivity index (χ0) is 13.7. The number of carboxylic acid groups (broad SMARTS) is 1. The Morgan fingerprint density at radius 1 is 1.44 bits per heavy atom. The summed E-state index contributed by atoms with van der Waals surface area (Å²) in [4.78, 5) is 26.6. The zero-order valence-electron chi connectivity index (χ0n) is 10.4. The summed E-state index contributed by atoms with van der Waals surface area (Å²) in [5.41, 5.74) is 6.12. The lowest BCUT2D eigenvalue weighted by Gasteiger charge is -2.16. The maximum atomic E-state index is 11.8. The van der Waals surface area contributed by atoms with Crippen LogP contribution in [0.3, 0.4) is 0 Å². The Balaban J connectivity index is 2.75. The van der Waals surface area contributed by atoms with Gasteiger partial charge in [0, 0.05) is 12.4 Å². The Morgan fingerprint density at radius 2 is 2.11 bits per heavy atom. The number of nitrogens with two attached hydrogens (primary N) is 1. The molecule has 1 amide bonds. The molecule has 0 saturated heterocycles. The van der Waals surface area contributed by atoms with Gasteiger partial charge < -0.3 is 16.2 Å². The molecular formula is C12H17N3O3. The van der Waals surface area contributed by atoms with E-state index in [2.05, 4.69) is 10.3 Å². The monoisotopic (exact) mass is 251 g/mol. The van der Waals surface area contributed by atoms with Crippen molar-refractivity contribution in [3.05, 3.63) is 24.0 Å². The number of hydrogen-bond acceptors (Lipinski definition) is 4. The number of nitrogen functional groups attached to an aromatic ring is 1. The van der Waals surface area contributed by atoms with Crippen LogP contribution in [-0.4, -0.2) is 28.0 Å². The number of amides is 1. The molecule has 0 bridgehead atoms. The molecule has 0 saturated carbocycles. The fourth-order valence-corrected chi connectivity index (χ4v) is 1.52. The lowest BCUT2D eigenvalue weighted by molar-refractivity contribution is -0.139. The maximum Gasteiger partial charge on any atom is 0.326 e. The Bertz CT molecular complexity index is 446. The molecule has 0 aromatic carbocycles. The molecule has 0 spiro atoms. The highest BCUT2D eigenvalue weighted by Crippen LogP contribution is 2.08. The number of aliphatic carboxylic acids is 1. The Kier molecular flexibility index (Phi) is 4.65. The van der Waals surface area contributed by atoms with Crippen LogP contribution >= 0.6 is 0 Å². The molecule has 6 nitrogen and oxygen atoms in total. The van der Waals surface area contributed by atoms with Crippen LogP contribution in [0.25, 0.3) is 0 Å². The largest absolute Gasteiger partial charge is 0.480 e. The number of nitrogens with zero attached hydrogens (tertiary/aromatic N) is 1. The SMILES string of the molecule is CC(C)CC(NC(=O)c1cncc(N)c1)C(=O)O. The molecule has 1 aromatic rings. The predicted molar refractivity (Wildman–Crippen MR) is 67.0 cm³/mol. The highest BCUT2D eigenvalue weighted by Gasteiger charge is 2.21. The molecule has 0 radical (unpaired) electrons. The third-order valence-corrected chi connectivity index (χ3v) is 2.33. The molecule has 0 aliphatic rings. The zero-order valence-corrected chi connectivity index (χ0v) is 10.4. The van der Waals surface area contributed by atoms with Gasteiger partial charge in [-0.1, -0.05) is 13.8 Å². The van der Waals surface area contributed by atoms with Crippen LogP contribution < -0.4 is 11.1 Å². The highest BCUT2D eigenvalue weighted by atomic mass is 16.4. The van der Waals surface area contributed by atoms with E-state index in [9.17, 15) is 9.59 Å². The summed E-state index contributed by atoms with van der Waals surface area (Å²) in [6, 6.07) is 0.551. The van der Waals surface area contributed by atoms with E-state index in [1.54, 1.807) is 0 Å². The van der Waals surface area contributed by atoms with E-state index in [4.69, 9.17) is 10.8 Å². The Hall–Kier alpha value is -2.11. The van der Waals surface area contributed by atoms with E-state index in [1.807, 2.05) is 13.8 Å². The lowest BCUT2D eigenvalue weighted by atomic mass is 10.0. The van der Waals surface area contributed by atoms with Gasteiger partial charge >= 0.3 is 5.97 Å². The Morgan fingerprint density at radius 3 is 2.61 bits per heavy atom. The van der Waals surface area contributed by atoms with Gasteiger partial charge in [0.1, 0.15) is 6.04 Å². The number of carbonyl (C=O) groups excluding carboxylic acids is 1. The van der Waals surface area contributed by atoms with Gasteiger partial charge in [-0.15, -0.1) is 0 Å². The van der Waals surface area contributed by atoms with Crippen LogP contribution in [0.2, 0.25) is 0 Å². The maximum absolute atomic E-state index is 11.8. The number of nitrogens with one attached hydrogen (secondary N) is 1. The van der Waals surface area contributed by atoms with E-state index >= 15 is 0 Å². The van der Waals surface area contributed by atoms with Gasteiger partial charge in [0.25, 0.3) is 5.91 Å². The van der Waals surface area contributed by atoms with Crippen LogP contribution in [0.4, 0.5) is 5.69 Å². The van der Waals surface area contributed by atoms with Gasteiger partial charge in [0.2, 0.25) is 0 Å². The number of anilines is 1. The van der Waals surface area contributed by atoms with Crippen molar-refractivity contribution in [2.45, 2.75) is 26.3 Å². The quantitative estimate of drug-likeness (QED) is 0.720. The average molecular weight is 251 g/mol. The van der Waals surface area contributed by atoms with Crippen molar-refractivity contribution < 1.29 is 14.7 Å². The fourth-order valence-electron chi connectivity index (χ4n) is 1.52. The summed E-state index contributed by atoms with van der Waals surface area (Å²) in [6.45, 7) is 3.79. The van der Waals surface area contributed by atoms with Gasteiger partial charge in [-0.3, -0.25) is 9.78 Å². The molecule has 1 unspecified atom stereocenters. The molecular weight excluding hydrogens is 234 g/mol. The van der Waals surface area contributed by atoms with E-state index in [0.29, 0.717) is 12.1 Å². The summed E-state index contributed by atoms with van der Waals surface area (Å²) >= 11 is 0. The van der Waals surface area contributed by atoms with Crippen molar-refractivity contribution in [1.82, 2.24) is 10.3 Å². The van der Waals surface area contributed by atoms with Crippen molar-refractivity contribution in [2.75, 3.05) is 5.73 Å². The summed E-state index contributed by atoms with van der Waals surface area (Å²) in [7, 11) is 0. The van der Waals surface area contributed by atoms with Crippen LogP contribution in [0.1, 0.15) is 30.6 Å². The van der Waals surface area contributed by atoms with Gasteiger partial charge in [0.05, 0.1) is 11.3 Å². The fraction of sp³-hybridized carbons (Fsp3) is 0.417. The first-order valence-corrected chi connectivity index (χ1v) is 5.64. The molecule has 1 heterocycles. The first-order chi connectivity index (χ1) is 8.40. The number of aromatic nitrogens is 1. The van der Waals surface area contributed by atoms with Crippen LogP contribution in [0.5, 0.6) is 0 Å². The molecule has 1 atom stereocenters. The molecule has 0 aliphatic carbocycles. The van der Waals surface area contributed by atoms with Crippen molar-refractivity contribution in [1.29, 1.82) is 0 Å². The lowest BCUT2D eigenvalue weighted by Crippen LogP contribution is -2.41. The van der Waals surface area contributed by atoms with Crippen molar-refractivity contribution in [3.63, 3.8) is 0 Å². The van der Waals surface area contributed by atoms with E-state index in [1.165, 1.54) is 18.5 Å². The van der Waals surface area contributed by atoms with Crippen LogP contribution in [0, 0.1) is 5.92 Å². The van der Waals surface area contributed by atoms with E-state index in [0.717, 1.165) is 0 Å². The number of hydrogen-bond donors (Lipinski definition) is 3. The molecule has 18 heavy (non-hydrogen) atoms. The first-order valence-electron chi connectivity index (χ1n) is 5.64. The molecule has 6 heteroatoms. The van der Waals surface area contributed by atoms with Crippen molar-refractivity contribution >= 4 is 17.6 Å². The van der Waals surface area contributed by atoms with Crippen molar-refractivity contribution in [3.8, 4) is 0 Å². The second-order valence-electron chi connectivity index (χ2n) is 4.50. The number of carboxylic acids is 1. The van der Waals surface area contributed by atoms with Gasteiger partial charge in [-0.2, -0.15) is 0 Å². The minimum atomic E-state index is -1.05. The molecule has 4 N–H and O–H groups in total. The summed E-state index contributed by atoms with van der Waals surface area (Å²) in [5.74, 6) is -1.36. The Labute approximate surface area is 105 Å². The second-order valence-corrected chi connectivity index (χ2v) is 4.50.